The third-order valence-electron chi connectivity index (χ3n) is 4.15. The van der Waals surface area contributed by atoms with Crippen LogP contribution in [0.4, 0.5) is 22.9 Å². The van der Waals surface area contributed by atoms with Gasteiger partial charge in [-0.3, -0.25) is 4.79 Å². The molecular formula is C21H17F4N5OS. The summed E-state index contributed by atoms with van der Waals surface area (Å²) in [5.74, 6) is -1.47. The highest BCUT2D eigenvalue weighted by atomic mass is 32.2. The minimum Gasteiger partial charge on any atom is -0.305 e. The number of amides is 1. The standard InChI is InChI=1S/C19H11F4N5OS.C2H6/c20-13-7-11(6-12(8-13)17(21)22)14-9-15(28(27-14)30-23)19(29)26-16-4-3-10-2-1-5-24-18(10)25-16;1-2/h1-9,17H,(H,24,25,26,29);1-2H3. The minimum atomic E-state index is -2.90. The number of nitrogens with one attached hydrogen (secondary N) is 1. The number of benzene rings is 1. The summed E-state index contributed by atoms with van der Waals surface area (Å²) in [5, 5.41) is 7.13. The first-order valence-corrected chi connectivity index (χ1v) is 10.1. The molecule has 11 heteroatoms. The van der Waals surface area contributed by atoms with E-state index in [1.807, 2.05) is 13.8 Å². The molecule has 0 saturated heterocycles. The third-order valence-corrected chi connectivity index (χ3v) is 4.56. The largest absolute Gasteiger partial charge is 0.305 e. The Morgan fingerprint density at radius 1 is 1.12 bits per heavy atom. The number of aromatic nitrogens is 4. The summed E-state index contributed by atoms with van der Waals surface area (Å²) in [5.41, 5.74) is -0.418. The molecule has 3 aromatic heterocycles. The first-order valence-electron chi connectivity index (χ1n) is 9.46. The lowest BCUT2D eigenvalue weighted by Gasteiger charge is -2.05. The molecule has 0 saturated carbocycles. The van der Waals surface area contributed by atoms with Crippen LogP contribution in [0.5, 0.6) is 0 Å². The molecule has 32 heavy (non-hydrogen) atoms. The number of hydrogen-bond acceptors (Lipinski definition) is 5. The molecule has 1 amide bonds. The topological polar surface area (TPSA) is 72.7 Å². The van der Waals surface area contributed by atoms with Gasteiger partial charge in [-0.25, -0.2) is 23.1 Å². The predicted molar refractivity (Wildman–Crippen MR) is 116 cm³/mol. The minimum absolute atomic E-state index is 0.0137. The smallest absolute Gasteiger partial charge is 0.276 e. The second-order valence-corrected chi connectivity index (χ2v) is 6.62. The van der Waals surface area contributed by atoms with E-state index in [2.05, 4.69) is 20.4 Å². The van der Waals surface area contributed by atoms with Crippen molar-refractivity contribution in [2.45, 2.75) is 20.3 Å². The lowest BCUT2D eigenvalue weighted by molar-refractivity contribution is 0.102. The van der Waals surface area contributed by atoms with Gasteiger partial charge in [-0.15, -0.1) is 3.89 Å². The van der Waals surface area contributed by atoms with Crippen LogP contribution in [0.15, 0.2) is 54.7 Å². The third kappa shape index (κ3) is 5.05. The molecule has 0 aliphatic heterocycles. The average molecular weight is 463 g/mol. The van der Waals surface area contributed by atoms with E-state index in [4.69, 9.17) is 0 Å². The summed E-state index contributed by atoms with van der Waals surface area (Å²) in [6.07, 6.45) is -1.35. The van der Waals surface area contributed by atoms with Crippen molar-refractivity contribution in [2.24, 2.45) is 0 Å². The van der Waals surface area contributed by atoms with Gasteiger partial charge in [0.2, 0.25) is 0 Å². The van der Waals surface area contributed by atoms with E-state index in [0.717, 1.165) is 17.5 Å². The molecule has 0 unspecified atom stereocenters. The van der Waals surface area contributed by atoms with Crippen molar-refractivity contribution in [2.75, 3.05) is 5.32 Å². The summed E-state index contributed by atoms with van der Waals surface area (Å²) in [4.78, 5) is 20.9. The second-order valence-electron chi connectivity index (χ2n) is 6.13. The summed E-state index contributed by atoms with van der Waals surface area (Å²) < 4.78 is 53.6. The molecule has 0 radical (unpaired) electrons. The van der Waals surface area contributed by atoms with E-state index in [-0.39, 0.29) is 35.1 Å². The fraction of sp³-hybridized carbons (Fsp3) is 0.143. The molecule has 0 aliphatic rings. The van der Waals surface area contributed by atoms with Gasteiger partial charge < -0.3 is 5.32 Å². The predicted octanol–water partition coefficient (Wildman–Crippen LogP) is 6.23. The zero-order chi connectivity index (χ0) is 23.3. The number of halogens is 4. The SMILES string of the molecule is CC.O=C(Nc1ccc2cccnc2n1)c1cc(-c2cc(F)cc(C(F)F)c2)nn1SF. The Kier molecular flexibility index (Phi) is 7.41. The fourth-order valence-corrected chi connectivity index (χ4v) is 3.13. The number of nitrogens with zero attached hydrogens (tertiary/aromatic N) is 4. The van der Waals surface area contributed by atoms with Gasteiger partial charge in [-0.2, -0.15) is 9.19 Å². The highest BCUT2D eigenvalue weighted by Gasteiger charge is 2.20. The van der Waals surface area contributed by atoms with Crippen molar-refractivity contribution in [3.63, 3.8) is 0 Å². The molecule has 0 bridgehead atoms. The van der Waals surface area contributed by atoms with E-state index >= 15 is 0 Å². The molecule has 0 fully saturated rings. The van der Waals surface area contributed by atoms with Gasteiger partial charge in [0.1, 0.15) is 17.3 Å². The van der Waals surface area contributed by atoms with Crippen LogP contribution in [-0.4, -0.2) is 25.1 Å². The summed E-state index contributed by atoms with van der Waals surface area (Å²) in [6.45, 7) is 4.00. The molecule has 0 spiro atoms. The Bertz CT molecular complexity index is 1250. The summed E-state index contributed by atoms with van der Waals surface area (Å²) in [6, 6.07) is 10.7. The van der Waals surface area contributed by atoms with Gasteiger partial charge in [0, 0.05) is 22.7 Å². The average Bonchev–Trinajstić information content (AvgIpc) is 3.25. The molecule has 0 aliphatic carbocycles. The Hall–Kier alpha value is -3.47. The van der Waals surface area contributed by atoms with Crippen molar-refractivity contribution < 1.29 is 21.9 Å². The van der Waals surface area contributed by atoms with Crippen molar-refractivity contribution in [3.8, 4) is 11.3 Å². The van der Waals surface area contributed by atoms with Gasteiger partial charge in [0.25, 0.3) is 12.3 Å². The van der Waals surface area contributed by atoms with E-state index in [9.17, 15) is 21.9 Å². The molecule has 1 aromatic carbocycles. The Morgan fingerprint density at radius 3 is 2.62 bits per heavy atom. The number of rotatable bonds is 5. The van der Waals surface area contributed by atoms with Crippen molar-refractivity contribution in [1.29, 1.82) is 0 Å². The molecule has 0 atom stereocenters. The first kappa shape index (κ1) is 23.2. The van der Waals surface area contributed by atoms with E-state index in [1.165, 1.54) is 6.07 Å². The molecule has 4 rings (SSSR count). The monoisotopic (exact) mass is 463 g/mol. The van der Waals surface area contributed by atoms with E-state index in [0.29, 0.717) is 15.8 Å². The van der Waals surface area contributed by atoms with Gasteiger partial charge in [-0.05, 0) is 48.5 Å². The number of fused-ring (bicyclic) bond motifs is 1. The molecule has 1 N–H and O–H groups in total. The van der Waals surface area contributed by atoms with E-state index < -0.39 is 23.7 Å². The maximum Gasteiger partial charge on any atom is 0.276 e. The summed E-state index contributed by atoms with van der Waals surface area (Å²) in [7, 11) is 0. The lowest BCUT2D eigenvalue weighted by Crippen LogP contribution is -2.16. The van der Waals surface area contributed by atoms with Crippen LogP contribution >= 0.6 is 12.3 Å². The van der Waals surface area contributed by atoms with Crippen LogP contribution in [-0.2, 0) is 0 Å². The lowest BCUT2D eigenvalue weighted by atomic mass is 10.1. The van der Waals surface area contributed by atoms with Crippen LogP contribution < -0.4 is 5.32 Å². The highest BCUT2D eigenvalue weighted by Crippen LogP contribution is 2.28. The Balaban J connectivity index is 0.00000141. The molecular weight excluding hydrogens is 446 g/mol. The zero-order valence-electron chi connectivity index (χ0n) is 16.9. The highest BCUT2D eigenvalue weighted by molar-refractivity contribution is 7.92. The molecule has 3 heterocycles. The molecule has 6 nitrogen and oxygen atoms in total. The van der Waals surface area contributed by atoms with Crippen LogP contribution in [0.3, 0.4) is 0 Å². The number of hydrogen-bond donors (Lipinski definition) is 1. The van der Waals surface area contributed by atoms with Gasteiger partial charge in [-0.1, -0.05) is 13.8 Å². The summed E-state index contributed by atoms with van der Waals surface area (Å²) >= 11 is -0.363. The number of carbonyl (C=O) groups is 1. The van der Waals surface area contributed by atoms with Crippen LogP contribution in [0.25, 0.3) is 22.3 Å². The first-order chi connectivity index (χ1) is 15.4. The maximum absolute atomic E-state index is 13.7. The van der Waals surface area contributed by atoms with E-state index in [1.54, 1.807) is 30.5 Å². The number of anilines is 1. The Labute approximate surface area is 185 Å². The van der Waals surface area contributed by atoms with Crippen molar-refractivity contribution in [1.82, 2.24) is 19.2 Å². The van der Waals surface area contributed by atoms with Gasteiger partial charge >= 0.3 is 0 Å². The van der Waals surface area contributed by atoms with Crippen LogP contribution in [0, 0.1) is 5.82 Å². The molecule has 166 valence electrons. The van der Waals surface area contributed by atoms with Gasteiger partial charge in [0.15, 0.2) is 18.0 Å². The van der Waals surface area contributed by atoms with Crippen molar-refractivity contribution in [3.05, 3.63) is 71.8 Å². The zero-order valence-corrected chi connectivity index (χ0v) is 17.7. The van der Waals surface area contributed by atoms with Crippen LogP contribution in [0.1, 0.15) is 36.3 Å². The van der Waals surface area contributed by atoms with Crippen molar-refractivity contribution >= 4 is 35.1 Å². The number of carbonyl (C=O) groups excluding carboxylic acids is 1. The fourth-order valence-electron chi connectivity index (χ4n) is 2.80. The van der Waals surface area contributed by atoms with Gasteiger partial charge in [0.05, 0.1) is 5.69 Å². The number of alkyl halides is 2. The molecule has 4 aromatic rings. The normalized spacial score (nSPS) is 10.7. The number of pyridine rings is 2. The second kappa shape index (κ2) is 10.2. The quantitative estimate of drug-likeness (QED) is 0.355. The Morgan fingerprint density at radius 2 is 1.91 bits per heavy atom. The maximum atomic E-state index is 13.7. The van der Waals surface area contributed by atoms with Crippen LogP contribution in [0.2, 0.25) is 0 Å².